The fraction of sp³-hybridized carbons (Fsp3) is 0.625. The highest BCUT2D eigenvalue weighted by Crippen LogP contribution is 2.33. The first kappa shape index (κ1) is 16.2. The first-order chi connectivity index (χ1) is 9.60. The minimum absolute atomic E-state index is 0.501. The molecule has 2 rings (SSSR count). The lowest BCUT2D eigenvalue weighted by Gasteiger charge is -2.18. The van der Waals surface area contributed by atoms with Crippen LogP contribution < -0.4 is 10.1 Å². The fourth-order valence-corrected chi connectivity index (χ4v) is 4.18. The lowest BCUT2D eigenvalue weighted by atomic mass is 10.0. The monoisotopic (exact) mass is 357 g/mol. The van der Waals surface area contributed by atoms with E-state index in [9.17, 15) is 0 Å². The van der Waals surface area contributed by atoms with Crippen molar-refractivity contribution in [2.24, 2.45) is 5.92 Å². The number of rotatable bonds is 7. The molecule has 1 aliphatic heterocycles. The van der Waals surface area contributed by atoms with Gasteiger partial charge in [-0.2, -0.15) is 11.8 Å². The number of hydrogen-bond acceptors (Lipinski definition) is 3. The summed E-state index contributed by atoms with van der Waals surface area (Å²) in [4.78, 5) is 0. The van der Waals surface area contributed by atoms with Crippen molar-refractivity contribution in [3.63, 3.8) is 0 Å². The quantitative estimate of drug-likeness (QED) is 0.799. The van der Waals surface area contributed by atoms with Crippen molar-refractivity contribution in [2.45, 2.75) is 32.7 Å². The van der Waals surface area contributed by atoms with Gasteiger partial charge >= 0.3 is 0 Å². The summed E-state index contributed by atoms with van der Waals surface area (Å²) in [6.07, 6.45) is 2.07. The molecule has 0 aromatic heterocycles. The summed E-state index contributed by atoms with van der Waals surface area (Å²) in [5.74, 6) is 4.26. The molecule has 1 aliphatic rings. The minimum atomic E-state index is 0.501. The molecular formula is C16H24BrNOS. The van der Waals surface area contributed by atoms with Gasteiger partial charge in [0.05, 0.1) is 6.61 Å². The summed E-state index contributed by atoms with van der Waals surface area (Å²) in [5, 5.41) is 3.44. The zero-order valence-corrected chi connectivity index (χ0v) is 14.9. The molecule has 1 N–H and O–H groups in total. The maximum atomic E-state index is 5.82. The van der Waals surface area contributed by atoms with Gasteiger partial charge in [0.15, 0.2) is 0 Å². The van der Waals surface area contributed by atoms with Crippen molar-refractivity contribution >= 4 is 27.7 Å². The van der Waals surface area contributed by atoms with Crippen LogP contribution in [0.25, 0.3) is 0 Å². The van der Waals surface area contributed by atoms with Crippen LogP contribution in [0.1, 0.15) is 25.0 Å². The largest absolute Gasteiger partial charge is 0.493 e. The van der Waals surface area contributed by atoms with Crippen molar-refractivity contribution in [3.8, 4) is 5.75 Å². The van der Waals surface area contributed by atoms with E-state index in [4.69, 9.17) is 4.74 Å². The van der Waals surface area contributed by atoms with E-state index in [1.54, 1.807) is 0 Å². The first-order valence-corrected chi connectivity index (χ1v) is 9.24. The van der Waals surface area contributed by atoms with Gasteiger partial charge in [0.2, 0.25) is 0 Å². The lowest BCUT2D eigenvalue weighted by molar-refractivity contribution is 0.352. The summed E-state index contributed by atoms with van der Waals surface area (Å²) < 4.78 is 6.99. The summed E-state index contributed by atoms with van der Waals surface area (Å²) in [6.45, 7) is 5.37. The second-order valence-electron chi connectivity index (χ2n) is 5.77. The van der Waals surface area contributed by atoms with Crippen molar-refractivity contribution in [2.75, 3.05) is 25.2 Å². The number of likely N-dealkylation sites (N-methyl/N-ethyl adjacent to an activating group) is 1. The van der Waals surface area contributed by atoms with Crippen molar-refractivity contribution < 1.29 is 4.74 Å². The minimum Gasteiger partial charge on any atom is -0.493 e. The zero-order chi connectivity index (χ0) is 14.5. The van der Waals surface area contributed by atoms with Crippen LogP contribution >= 0.6 is 27.7 Å². The van der Waals surface area contributed by atoms with Gasteiger partial charge in [-0.3, -0.25) is 0 Å². The second kappa shape index (κ2) is 7.71. The van der Waals surface area contributed by atoms with Gasteiger partial charge in [-0.1, -0.05) is 29.8 Å². The Morgan fingerprint density at radius 1 is 1.35 bits per heavy atom. The first-order valence-electron chi connectivity index (χ1n) is 7.29. The maximum Gasteiger partial charge on any atom is 0.125 e. The molecule has 1 heterocycles. The molecular weight excluding hydrogens is 334 g/mol. The van der Waals surface area contributed by atoms with Gasteiger partial charge in [0.25, 0.3) is 0 Å². The van der Waals surface area contributed by atoms with Gasteiger partial charge < -0.3 is 10.1 Å². The number of fused-ring (bicyclic) bond motifs is 1. The summed E-state index contributed by atoms with van der Waals surface area (Å²) in [5.41, 5.74) is 2.68. The van der Waals surface area contributed by atoms with Crippen LogP contribution in [-0.2, 0) is 12.8 Å². The van der Waals surface area contributed by atoms with Gasteiger partial charge in [-0.15, -0.1) is 0 Å². The maximum absolute atomic E-state index is 5.82. The standard InChI is InChI=1S/C16H24BrNOS/c1-11(2)9-20-10-15(18-3)8-13-7-14(17)6-12-4-5-19-16(12)13/h6-7,11,15,18H,4-5,8-10H2,1-3H3. The Morgan fingerprint density at radius 3 is 2.85 bits per heavy atom. The fourth-order valence-electron chi connectivity index (χ4n) is 2.45. The third-order valence-electron chi connectivity index (χ3n) is 3.47. The molecule has 1 aromatic carbocycles. The highest BCUT2D eigenvalue weighted by Gasteiger charge is 2.19. The zero-order valence-electron chi connectivity index (χ0n) is 12.5. The van der Waals surface area contributed by atoms with E-state index < -0.39 is 0 Å². The third-order valence-corrected chi connectivity index (χ3v) is 5.47. The van der Waals surface area contributed by atoms with Crippen LogP contribution in [0.4, 0.5) is 0 Å². The Balaban J connectivity index is 2.00. The summed E-state index contributed by atoms with van der Waals surface area (Å²) in [6, 6.07) is 4.90. The Bertz CT molecular complexity index is 450. The molecule has 112 valence electrons. The van der Waals surface area contributed by atoms with E-state index in [1.807, 2.05) is 11.8 Å². The van der Waals surface area contributed by atoms with Gasteiger partial charge in [-0.05, 0) is 48.4 Å². The van der Waals surface area contributed by atoms with Crippen LogP contribution in [0.5, 0.6) is 5.75 Å². The topological polar surface area (TPSA) is 21.3 Å². The van der Waals surface area contributed by atoms with E-state index in [2.05, 4.69) is 54.3 Å². The molecule has 0 saturated heterocycles. The van der Waals surface area contributed by atoms with E-state index >= 15 is 0 Å². The van der Waals surface area contributed by atoms with E-state index in [0.29, 0.717) is 6.04 Å². The molecule has 0 spiro atoms. The molecule has 1 atom stereocenters. The second-order valence-corrected chi connectivity index (χ2v) is 7.76. The highest BCUT2D eigenvalue weighted by atomic mass is 79.9. The molecule has 0 fully saturated rings. The van der Waals surface area contributed by atoms with Gasteiger partial charge in [-0.25, -0.2) is 0 Å². The number of ether oxygens (including phenoxy) is 1. The number of halogens is 1. The number of thioether (sulfide) groups is 1. The van der Waals surface area contributed by atoms with Crippen LogP contribution in [-0.4, -0.2) is 31.2 Å². The molecule has 4 heteroatoms. The van der Waals surface area contributed by atoms with Crippen molar-refractivity contribution in [3.05, 3.63) is 27.7 Å². The molecule has 0 saturated carbocycles. The SMILES string of the molecule is CNC(CSCC(C)C)Cc1cc(Br)cc2c1OCC2. The average molecular weight is 358 g/mol. The molecule has 0 amide bonds. The predicted octanol–water partition coefficient (Wildman–Crippen LogP) is 3.90. The molecule has 0 radical (unpaired) electrons. The van der Waals surface area contributed by atoms with Gasteiger partial charge in [0, 0.05) is 22.7 Å². The van der Waals surface area contributed by atoms with Crippen molar-refractivity contribution in [1.29, 1.82) is 0 Å². The lowest BCUT2D eigenvalue weighted by Crippen LogP contribution is -2.30. The van der Waals surface area contributed by atoms with E-state index in [0.717, 1.165) is 36.9 Å². The normalized spacial score (nSPS) is 15.2. The number of benzene rings is 1. The number of nitrogens with one attached hydrogen (secondary N) is 1. The van der Waals surface area contributed by atoms with Crippen LogP contribution in [0, 0.1) is 5.92 Å². The van der Waals surface area contributed by atoms with E-state index in [-0.39, 0.29) is 0 Å². The molecule has 2 nitrogen and oxygen atoms in total. The number of hydrogen-bond donors (Lipinski definition) is 1. The van der Waals surface area contributed by atoms with E-state index in [1.165, 1.54) is 21.4 Å². The summed E-state index contributed by atoms with van der Waals surface area (Å²) in [7, 11) is 2.06. The molecule has 1 aromatic rings. The Morgan fingerprint density at radius 2 is 2.15 bits per heavy atom. The van der Waals surface area contributed by atoms with Crippen LogP contribution in [0.3, 0.4) is 0 Å². The molecule has 1 unspecified atom stereocenters. The molecule has 20 heavy (non-hydrogen) atoms. The van der Waals surface area contributed by atoms with Crippen LogP contribution in [0.2, 0.25) is 0 Å². The third kappa shape index (κ3) is 4.40. The smallest absolute Gasteiger partial charge is 0.125 e. The molecule has 0 bridgehead atoms. The Hall–Kier alpha value is -0.190. The summed E-state index contributed by atoms with van der Waals surface area (Å²) >= 11 is 5.65. The predicted molar refractivity (Wildman–Crippen MR) is 92.1 cm³/mol. The Kier molecular flexibility index (Phi) is 6.24. The molecule has 0 aliphatic carbocycles. The highest BCUT2D eigenvalue weighted by molar-refractivity contribution is 9.10. The van der Waals surface area contributed by atoms with Crippen LogP contribution in [0.15, 0.2) is 16.6 Å². The van der Waals surface area contributed by atoms with Gasteiger partial charge in [0.1, 0.15) is 5.75 Å². The van der Waals surface area contributed by atoms with Crippen molar-refractivity contribution in [1.82, 2.24) is 5.32 Å². The Labute approximate surface area is 135 Å². The average Bonchev–Trinajstić information content (AvgIpc) is 2.85.